The molecule has 1 aliphatic heterocycles. The molecule has 1 N–H and O–H groups in total. The average Bonchev–Trinajstić information content (AvgIpc) is 2.63. The lowest BCUT2D eigenvalue weighted by atomic mass is 9.98. The SMILES string of the molecule is CNCC1CCN(S(=O)(=O)c2ccc(-c3ccccc3)cc2)CC1.Cl. The Morgan fingerprint density at radius 1 is 0.960 bits per heavy atom. The minimum absolute atomic E-state index is 0. The molecular weight excluding hydrogens is 356 g/mol. The summed E-state index contributed by atoms with van der Waals surface area (Å²) in [4.78, 5) is 0.384. The molecule has 0 unspecified atom stereocenters. The van der Waals surface area contributed by atoms with Crippen LogP contribution >= 0.6 is 12.4 Å². The van der Waals surface area contributed by atoms with Gasteiger partial charge < -0.3 is 5.32 Å². The van der Waals surface area contributed by atoms with E-state index in [1.165, 1.54) is 0 Å². The van der Waals surface area contributed by atoms with Crippen LogP contribution in [-0.2, 0) is 10.0 Å². The summed E-state index contributed by atoms with van der Waals surface area (Å²) in [5.41, 5.74) is 2.12. The van der Waals surface area contributed by atoms with Crippen LogP contribution in [0.1, 0.15) is 12.8 Å². The van der Waals surface area contributed by atoms with Gasteiger partial charge in [-0.05, 0) is 55.6 Å². The van der Waals surface area contributed by atoms with Crippen molar-refractivity contribution in [3.63, 3.8) is 0 Å². The molecule has 0 aliphatic carbocycles. The predicted molar refractivity (Wildman–Crippen MR) is 105 cm³/mol. The fourth-order valence-corrected chi connectivity index (χ4v) is 4.71. The van der Waals surface area contributed by atoms with Crippen LogP contribution in [0.15, 0.2) is 59.5 Å². The third-order valence-electron chi connectivity index (χ3n) is 4.67. The van der Waals surface area contributed by atoms with Crippen LogP contribution in [0.2, 0.25) is 0 Å². The maximum absolute atomic E-state index is 12.8. The van der Waals surface area contributed by atoms with Gasteiger partial charge in [0.05, 0.1) is 4.90 Å². The van der Waals surface area contributed by atoms with Gasteiger partial charge in [0.15, 0.2) is 0 Å². The van der Waals surface area contributed by atoms with E-state index < -0.39 is 10.0 Å². The van der Waals surface area contributed by atoms with Crippen LogP contribution in [0.5, 0.6) is 0 Å². The molecule has 2 aromatic carbocycles. The molecule has 1 heterocycles. The molecule has 3 rings (SSSR count). The summed E-state index contributed by atoms with van der Waals surface area (Å²) in [5, 5.41) is 3.18. The van der Waals surface area contributed by atoms with E-state index >= 15 is 0 Å². The summed E-state index contributed by atoms with van der Waals surface area (Å²) in [5.74, 6) is 0.571. The van der Waals surface area contributed by atoms with Crippen molar-refractivity contribution in [3.8, 4) is 11.1 Å². The van der Waals surface area contributed by atoms with Crippen LogP contribution < -0.4 is 5.32 Å². The minimum atomic E-state index is -3.39. The maximum atomic E-state index is 12.8. The normalized spacial score (nSPS) is 16.4. The zero-order valence-corrected chi connectivity index (χ0v) is 16.0. The van der Waals surface area contributed by atoms with Crippen molar-refractivity contribution in [2.24, 2.45) is 5.92 Å². The third-order valence-corrected chi connectivity index (χ3v) is 6.58. The first-order valence-electron chi connectivity index (χ1n) is 8.41. The zero-order chi connectivity index (χ0) is 17.0. The number of sulfonamides is 1. The van der Waals surface area contributed by atoms with E-state index in [4.69, 9.17) is 0 Å². The molecule has 0 bridgehead atoms. The molecule has 25 heavy (non-hydrogen) atoms. The van der Waals surface area contributed by atoms with E-state index in [1.54, 1.807) is 16.4 Å². The highest BCUT2D eigenvalue weighted by Gasteiger charge is 2.29. The van der Waals surface area contributed by atoms with Gasteiger partial charge in [-0.25, -0.2) is 8.42 Å². The van der Waals surface area contributed by atoms with Gasteiger partial charge in [-0.3, -0.25) is 0 Å². The highest BCUT2D eigenvalue weighted by atomic mass is 35.5. The molecule has 0 aromatic heterocycles. The summed E-state index contributed by atoms with van der Waals surface area (Å²) in [7, 11) is -1.44. The molecule has 0 spiro atoms. The van der Waals surface area contributed by atoms with Crippen molar-refractivity contribution >= 4 is 22.4 Å². The molecule has 136 valence electrons. The summed E-state index contributed by atoms with van der Waals surface area (Å²) >= 11 is 0. The molecule has 2 aromatic rings. The highest BCUT2D eigenvalue weighted by Crippen LogP contribution is 2.26. The largest absolute Gasteiger partial charge is 0.319 e. The predicted octanol–water partition coefficient (Wildman–Crippen LogP) is 3.40. The van der Waals surface area contributed by atoms with Crippen LogP contribution in [-0.4, -0.2) is 39.4 Å². The van der Waals surface area contributed by atoms with Gasteiger partial charge in [0.1, 0.15) is 0 Å². The lowest BCUT2D eigenvalue weighted by Crippen LogP contribution is -2.40. The van der Waals surface area contributed by atoms with Gasteiger partial charge in [0.2, 0.25) is 10.0 Å². The molecule has 0 amide bonds. The standard InChI is InChI=1S/C19H24N2O2S.ClH/c1-20-15-16-11-13-21(14-12-16)24(22,23)19-9-7-18(8-10-19)17-5-3-2-4-6-17;/h2-10,16,20H,11-15H2,1H3;1H. The van der Waals surface area contributed by atoms with E-state index in [1.807, 2.05) is 49.5 Å². The fraction of sp³-hybridized carbons (Fsp3) is 0.368. The van der Waals surface area contributed by atoms with Gasteiger partial charge >= 0.3 is 0 Å². The number of halogens is 1. The topological polar surface area (TPSA) is 49.4 Å². The first kappa shape index (κ1) is 19.9. The lowest BCUT2D eigenvalue weighted by molar-refractivity contribution is 0.270. The second kappa shape index (κ2) is 8.81. The molecule has 1 aliphatic rings. The van der Waals surface area contributed by atoms with Gasteiger partial charge in [-0.1, -0.05) is 42.5 Å². The second-order valence-electron chi connectivity index (χ2n) is 6.30. The first-order chi connectivity index (χ1) is 11.6. The highest BCUT2D eigenvalue weighted by molar-refractivity contribution is 7.89. The van der Waals surface area contributed by atoms with E-state index in [2.05, 4.69) is 5.32 Å². The van der Waals surface area contributed by atoms with Gasteiger partial charge in [-0.2, -0.15) is 4.31 Å². The Kier molecular flexibility index (Phi) is 7.02. The smallest absolute Gasteiger partial charge is 0.243 e. The Bertz CT molecular complexity index is 756. The zero-order valence-electron chi connectivity index (χ0n) is 14.4. The number of nitrogens with one attached hydrogen (secondary N) is 1. The van der Waals surface area contributed by atoms with Crippen molar-refractivity contribution < 1.29 is 8.42 Å². The fourth-order valence-electron chi connectivity index (χ4n) is 3.24. The number of benzene rings is 2. The molecule has 0 atom stereocenters. The maximum Gasteiger partial charge on any atom is 0.243 e. The molecular formula is C19H25ClN2O2S. The van der Waals surface area contributed by atoms with Gasteiger partial charge in [0, 0.05) is 13.1 Å². The Morgan fingerprint density at radius 2 is 1.52 bits per heavy atom. The molecule has 4 nitrogen and oxygen atoms in total. The number of rotatable bonds is 5. The quantitative estimate of drug-likeness (QED) is 0.864. The number of nitrogens with zero attached hydrogens (tertiary/aromatic N) is 1. The van der Waals surface area contributed by atoms with E-state index in [9.17, 15) is 8.42 Å². The van der Waals surface area contributed by atoms with Crippen LogP contribution in [0.25, 0.3) is 11.1 Å². The second-order valence-corrected chi connectivity index (χ2v) is 8.23. The monoisotopic (exact) mass is 380 g/mol. The Balaban J connectivity index is 0.00000225. The Hall–Kier alpha value is -1.40. The molecule has 1 fully saturated rings. The minimum Gasteiger partial charge on any atom is -0.319 e. The van der Waals surface area contributed by atoms with Crippen LogP contribution in [0.4, 0.5) is 0 Å². The molecule has 6 heteroatoms. The van der Waals surface area contributed by atoms with Crippen LogP contribution in [0.3, 0.4) is 0 Å². The van der Waals surface area contributed by atoms with Crippen molar-refractivity contribution in [3.05, 3.63) is 54.6 Å². The number of hydrogen-bond donors (Lipinski definition) is 1. The Labute approximate surface area is 156 Å². The van der Waals surface area contributed by atoms with Crippen molar-refractivity contribution in [1.29, 1.82) is 0 Å². The van der Waals surface area contributed by atoms with Crippen LogP contribution in [0, 0.1) is 5.92 Å². The van der Waals surface area contributed by atoms with Crippen molar-refractivity contribution in [2.45, 2.75) is 17.7 Å². The van der Waals surface area contributed by atoms with E-state index in [-0.39, 0.29) is 12.4 Å². The number of piperidine rings is 1. The number of hydrogen-bond acceptors (Lipinski definition) is 3. The summed E-state index contributed by atoms with van der Waals surface area (Å²) in [6.45, 7) is 2.17. The third kappa shape index (κ3) is 4.61. The first-order valence-corrected chi connectivity index (χ1v) is 9.85. The molecule has 0 radical (unpaired) electrons. The summed E-state index contributed by atoms with van der Waals surface area (Å²) < 4.78 is 27.2. The molecule has 1 saturated heterocycles. The van der Waals surface area contributed by atoms with Crippen molar-refractivity contribution in [2.75, 3.05) is 26.7 Å². The summed E-state index contributed by atoms with van der Waals surface area (Å²) in [6.07, 6.45) is 1.84. The van der Waals surface area contributed by atoms with Gasteiger partial charge in [0.25, 0.3) is 0 Å². The van der Waals surface area contributed by atoms with Crippen molar-refractivity contribution in [1.82, 2.24) is 9.62 Å². The Morgan fingerprint density at radius 3 is 2.08 bits per heavy atom. The lowest BCUT2D eigenvalue weighted by Gasteiger charge is -2.31. The summed E-state index contributed by atoms with van der Waals surface area (Å²) in [6, 6.07) is 17.2. The van der Waals surface area contributed by atoms with E-state index in [0.717, 1.165) is 30.5 Å². The van der Waals surface area contributed by atoms with Gasteiger partial charge in [-0.15, -0.1) is 12.4 Å². The van der Waals surface area contributed by atoms with E-state index in [0.29, 0.717) is 23.9 Å². The molecule has 0 saturated carbocycles. The average molecular weight is 381 g/mol.